The number of aliphatic carboxylic acids is 2. The largest absolute Gasteiger partial charge is 2.00 e. The molecule has 0 aromatic carbocycles. The summed E-state index contributed by atoms with van der Waals surface area (Å²) in [6.07, 6.45) is 2.98. The second kappa shape index (κ2) is 11.9. The zero-order chi connectivity index (χ0) is 18.3. The van der Waals surface area contributed by atoms with Crippen molar-refractivity contribution in [3.63, 3.8) is 0 Å². The van der Waals surface area contributed by atoms with E-state index in [2.05, 4.69) is 0 Å². The number of nitrogens with two attached hydrogens (primary N) is 2. The van der Waals surface area contributed by atoms with Crippen molar-refractivity contribution >= 4 is 11.9 Å². The zero-order valence-electron chi connectivity index (χ0n) is 13.5. The molecule has 1 aliphatic carbocycles. The Morgan fingerprint density at radius 2 is 1.16 bits per heavy atom. The average Bonchev–Trinajstić information content (AvgIpc) is 3.42. The number of hydrogen-bond acceptors (Lipinski definition) is 10. The molecule has 0 amide bonds. The first-order valence-corrected chi connectivity index (χ1v) is 7.76. The minimum absolute atomic E-state index is 0. The van der Waals surface area contributed by atoms with Crippen LogP contribution in [0, 0.1) is 0 Å². The molecule has 2 aliphatic heterocycles. The topological polar surface area (TPSA) is 198 Å². The maximum Gasteiger partial charge on any atom is 2.00 e. The molecular weight excluding hydrogens is 519 g/mol. The van der Waals surface area contributed by atoms with Gasteiger partial charge in [0.1, 0.15) is 24.4 Å². The molecule has 11 heteroatoms. The second-order valence-electron chi connectivity index (χ2n) is 5.91. The molecule has 0 spiro atoms. The average molecular weight is 543 g/mol. The maximum absolute atomic E-state index is 9.21. The van der Waals surface area contributed by atoms with Gasteiger partial charge in [0.2, 0.25) is 0 Å². The minimum Gasteiger partial charge on any atom is -0.543 e. The molecule has 10 nitrogen and oxygen atoms in total. The van der Waals surface area contributed by atoms with Gasteiger partial charge in [-0.1, -0.05) is 12.8 Å². The van der Waals surface area contributed by atoms with Crippen molar-refractivity contribution < 1.29 is 60.6 Å². The predicted octanol–water partition coefficient (Wildman–Crippen LogP) is -4.80. The first kappa shape index (κ1) is 24.4. The third kappa shape index (κ3) is 10.2. The molecule has 6 N–H and O–H groups in total. The number of aliphatic hydroxyl groups is 2. The van der Waals surface area contributed by atoms with E-state index in [-0.39, 0.29) is 45.4 Å². The number of carbonyl (C=O) groups excluding carboxylic acids is 2. The summed E-state index contributed by atoms with van der Waals surface area (Å²) in [4.78, 5) is 17.9. The van der Waals surface area contributed by atoms with Gasteiger partial charge in [-0.05, 0) is 12.8 Å². The van der Waals surface area contributed by atoms with Crippen molar-refractivity contribution in [1.82, 2.24) is 0 Å². The van der Waals surface area contributed by atoms with Gasteiger partial charge < -0.3 is 51.0 Å². The third-order valence-electron chi connectivity index (χ3n) is 3.87. The normalized spacial score (nSPS) is 31.5. The number of rotatable bonds is 3. The van der Waals surface area contributed by atoms with E-state index in [1.165, 1.54) is 12.8 Å². The molecule has 0 radical (unpaired) electrons. The maximum atomic E-state index is 9.21. The minimum atomic E-state index is -2.19. The fraction of sp³-hybridized carbons (Fsp3) is 0.857. The van der Waals surface area contributed by atoms with Gasteiger partial charge in [-0.15, -0.1) is 0 Å². The summed E-state index contributed by atoms with van der Waals surface area (Å²) in [5, 5.41) is 36.3. The van der Waals surface area contributed by atoms with E-state index < -0.39 is 24.1 Å². The summed E-state index contributed by atoms with van der Waals surface area (Å²) in [6, 6.07) is 0.562. The first-order valence-electron chi connectivity index (χ1n) is 7.76. The van der Waals surface area contributed by atoms with Crippen LogP contribution in [0.4, 0.5) is 0 Å². The van der Waals surface area contributed by atoms with Crippen LogP contribution < -0.4 is 21.7 Å². The van der Waals surface area contributed by atoms with Crippen LogP contribution in [0.2, 0.25) is 0 Å². The molecule has 0 aromatic rings. The van der Waals surface area contributed by atoms with Crippen LogP contribution in [0.1, 0.15) is 25.7 Å². The Morgan fingerprint density at radius 1 is 0.880 bits per heavy atom. The van der Waals surface area contributed by atoms with Gasteiger partial charge in [-0.25, -0.2) is 0 Å². The van der Waals surface area contributed by atoms with Gasteiger partial charge in [-0.3, -0.25) is 0 Å². The molecule has 6 atom stereocenters. The van der Waals surface area contributed by atoms with E-state index >= 15 is 0 Å². The van der Waals surface area contributed by atoms with Crippen LogP contribution in [-0.2, 0) is 40.1 Å². The number of carboxylic acids is 2. The quantitative estimate of drug-likeness (QED) is 0.198. The molecule has 0 unspecified atom stereocenters. The van der Waals surface area contributed by atoms with Crippen molar-refractivity contribution in [1.29, 1.82) is 0 Å². The van der Waals surface area contributed by atoms with Crippen LogP contribution in [0.5, 0.6) is 0 Å². The first-order chi connectivity index (χ1) is 11.2. The molecular formula is C14H24N2O8Pt. The van der Waals surface area contributed by atoms with Gasteiger partial charge in [0.25, 0.3) is 0 Å². The molecule has 2 saturated heterocycles. The van der Waals surface area contributed by atoms with Crippen LogP contribution in [-0.4, -0.2) is 71.9 Å². The van der Waals surface area contributed by atoms with Gasteiger partial charge in [0.05, 0.1) is 25.2 Å². The molecule has 0 bridgehead atoms. The van der Waals surface area contributed by atoms with Crippen LogP contribution >= 0.6 is 0 Å². The second-order valence-corrected chi connectivity index (χ2v) is 5.91. The molecule has 1 saturated carbocycles. The van der Waals surface area contributed by atoms with Gasteiger partial charge in [0, 0.05) is 12.1 Å². The number of ether oxygens (including phenoxy) is 2. The smallest absolute Gasteiger partial charge is 0.543 e. The SMILES string of the molecule is N[C@@H]1CCCC[C@H]1N.O=C([O-])C(=O)[O-].O[C@H]([C@H](O)[C@@H]1CO1)[C@H]1CO1.[Pt+2]. The molecule has 148 valence electrons. The van der Waals surface area contributed by atoms with Crippen molar-refractivity contribution in [2.45, 2.75) is 62.2 Å². The Kier molecular flexibility index (Phi) is 11.6. The summed E-state index contributed by atoms with van der Waals surface area (Å²) >= 11 is 0. The van der Waals surface area contributed by atoms with Crippen LogP contribution in [0.25, 0.3) is 0 Å². The summed E-state index contributed by atoms with van der Waals surface area (Å²) in [5.41, 5.74) is 11.3. The Bertz CT molecular complexity index is 382. The van der Waals surface area contributed by atoms with Crippen LogP contribution in [0.15, 0.2) is 0 Å². The Morgan fingerprint density at radius 3 is 1.32 bits per heavy atom. The standard InChI is InChI=1S/C6H14N2.C6H10O4.C2H2O4.Pt/c7-5-3-1-2-4-6(5)8;7-5(3-1-9-3)6(8)4-2-10-4;3-1(4)2(5)6;/h5-6H,1-4,7-8H2;3-8H,1-2H2;(H,3,4)(H,5,6);/q;;;+2/p-2/t5-,6-;3-,4+,5+,6-;;/m1.../s1. The molecule has 25 heavy (non-hydrogen) atoms. The van der Waals surface area contributed by atoms with Gasteiger partial charge in [0.15, 0.2) is 0 Å². The van der Waals surface area contributed by atoms with Crippen molar-refractivity contribution in [2.75, 3.05) is 13.2 Å². The van der Waals surface area contributed by atoms with Crippen molar-refractivity contribution in [3.8, 4) is 0 Å². The number of carbonyl (C=O) groups is 2. The van der Waals surface area contributed by atoms with Gasteiger partial charge >= 0.3 is 21.1 Å². The summed E-state index contributed by atoms with van der Waals surface area (Å²) < 4.78 is 9.61. The van der Waals surface area contributed by atoms with E-state index in [0.29, 0.717) is 13.2 Å². The molecule has 3 rings (SSSR count). The van der Waals surface area contributed by atoms with E-state index in [0.717, 1.165) is 12.8 Å². The van der Waals surface area contributed by atoms with E-state index in [9.17, 15) is 10.2 Å². The fourth-order valence-corrected chi connectivity index (χ4v) is 2.13. The molecule has 0 aromatic heterocycles. The number of hydrogen-bond donors (Lipinski definition) is 4. The summed E-state index contributed by atoms with van der Waals surface area (Å²) in [6.45, 7) is 1.12. The molecule has 2 heterocycles. The number of aliphatic hydroxyl groups excluding tert-OH is 2. The fourth-order valence-electron chi connectivity index (χ4n) is 2.13. The Hall–Kier alpha value is -0.612. The van der Waals surface area contributed by atoms with Gasteiger partial charge in [-0.2, -0.15) is 0 Å². The predicted molar refractivity (Wildman–Crippen MR) is 75.9 cm³/mol. The summed E-state index contributed by atoms with van der Waals surface area (Å²) in [5.74, 6) is -4.37. The third-order valence-corrected chi connectivity index (χ3v) is 3.87. The summed E-state index contributed by atoms with van der Waals surface area (Å²) in [7, 11) is 0. The molecule has 3 aliphatic rings. The Labute approximate surface area is 159 Å². The Balaban J connectivity index is 0.000000352. The van der Waals surface area contributed by atoms with E-state index in [4.69, 9.17) is 40.7 Å². The van der Waals surface area contributed by atoms with Crippen molar-refractivity contribution in [3.05, 3.63) is 0 Å². The van der Waals surface area contributed by atoms with E-state index in [1.54, 1.807) is 0 Å². The van der Waals surface area contributed by atoms with Crippen LogP contribution in [0.3, 0.4) is 0 Å². The molecule has 3 fully saturated rings. The zero-order valence-corrected chi connectivity index (χ0v) is 15.8. The van der Waals surface area contributed by atoms with Crippen molar-refractivity contribution in [2.24, 2.45) is 11.5 Å². The number of epoxide rings is 2. The monoisotopic (exact) mass is 543 g/mol. The van der Waals surface area contributed by atoms with E-state index in [1.807, 2.05) is 0 Å². The number of carboxylic acid groups (broad SMARTS) is 2.